The molecule has 1 aliphatic rings. The SMILES string of the molecule is CCc1ccc(C2CNCCN2Cc2nc(CC)cc(=O)[nH]2)cc1. The zero-order valence-corrected chi connectivity index (χ0v) is 14.5. The molecule has 2 aromatic rings. The first-order chi connectivity index (χ1) is 11.7. The zero-order valence-electron chi connectivity index (χ0n) is 14.5. The van der Waals surface area contributed by atoms with Gasteiger partial charge in [0.2, 0.25) is 0 Å². The van der Waals surface area contributed by atoms with Crippen molar-refractivity contribution in [2.24, 2.45) is 0 Å². The van der Waals surface area contributed by atoms with Crippen molar-refractivity contribution in [3.8, 4) is 0 Å². The lowest BCUT2D eigenvalue weighted by molar-refractivity contribution is 0.149. The number of rotatable bonds is 5. The standard InChI is InChI=1S/C19H26N4O/c1-3-14-5-7-15(8-6-14)17-12-20-9-10-23(17)13-18-21-16(4-2)11-19(24)22-18/h5-8,11,17,20H,3-4,9-10,12-13H2,1-2H3,(H,21,22,24). The zero-order chi connectivity index (χ0) is 16.9. The van der Waals surface area contributed by atoms with Crippen LogP contribution in [-0.2, 0) is 19.4 Å². The van der Waals surface area contributed by atoms with E-state index in [1.165, 1.54) is 11.1 Å². The van der Waals surface area contributed by atoms with E-state index in [9.17, 15) is 4.79 Å². The van der Waals surface area contributed by atoms with Crippen molar-refractivity contribution < 1.29 is 0 Å². The van der Waals surface area contributed by atoms with Crippen molar-refractivity contribution in [2.45, 2.75) is 39.3 Å². The summed E-state index contributed by atoms with van der Waals surface area (Å²) in [5.41, 5.74) is 3.47. The van der Waals surface area contributed by atoms with Crippen LogP contribution in [0.4, 0.5) is 0 Å². The number of benzene rings is 1. The summed E-state index contributed by atoms with van der Waals surface area (Å²) in [4.78, 5) is 21.7. The summed E-state index contributed by atoms with van der Waals surface area (Å²) < 4.78 is 0. The van der Waals surface area contributed by atoms with E-state index in [4.69, 9.17) is 0 Å². The largest absolute Gasteiger partial charge is 0.314 e. The highest BCUT2D eigenvalue weighted by molar-refractivity contribution is 5.26. The van der Waals surface area contributed by atoms with Gasteiger partial charge in [-0.1, -0.05) is 38.1 Å². The Morgan fingerprint density at radius 3 is 2.71 bits per heavy atom. The monoisotopic (exact) mass is 326 g/mol. The van der Waals surface area contributed by atoms with Crippen LogP contribution in [0.25, 0.3) is 0 Å². The van der Waals surface area contributed by atoms with Crippen molar-refractivity contribution in [3.05, 3.63) is 63.3 Å². The third-order valence-corrected chi connectivity index (χ3v) is 4.69. The van der Waals surface area contributed by atoms with Gasteiger partial charge in [-0.2, -0.15) is 0 Å². The van der Waals surface area contributed by atoms with E-state index < -0.39 is 0 Å². The van der Waals surface area contributed by atoms with E-state index in [0.717, 1.165) is 44.0 Å². The summed E-state index contributed by atoms with van der Waals surface area (Å²) in [6, 6.07) is 10.8. The van der Waals surface area contributed by atoms with Crippen LogP contribution in [-0.4, -0.2) is 34.5 Å². The normalized spacial score (nSPS) is 18.7. The van der Waals surface area contributed by atoms with Crippen LogP contribution >= 0.6 is 0 Å². The number of piperazine rings is 1. The van der Waals surface area contributed by atoms with E-state index in [1.54, 1.807) is 6.07 Å². The van der Waals surface area contributed by atoms with Crippen LogP contribution in [0, 0.1) is 0 Å². The quantitative estimate of drug-likeness (QED) is 0.883. The average molecular weight is 326 g/mol. The van der Waals surface area contributed by atoms with Gasteiger partial charge >= 0.3 is 0 Å². The van der Waals surface area contributed by atoms with E-state index in [0.29, 0.717) is 12.6 Å². The molecule has 0 amide bonds. The van der Waals surface area contributed by atoms with E-state index in [1.807, 2.05) is 6.92 Å². The van der Waals surface area contributed by atoms with E-state index in [-0.39, 0.29) is 5.56 Å². The number of aromatic amines is 1. The Balaban J connectivity index is 1.81. The predicted molar refractivity (Wildman–Crippen MR) is 96.1 cm³/mol. The van der Waals surface area contributed by atoms with Gasteiger partial charge < -0.3 is 10.3 Å². The molecule has 0 radical (unpaired) electrons. The van der Waals surface area contributed by atoms with Gasteiger partial charge in [-0.3, -0.25) is 9.69 Å². The first kappa shape index (κ1) is 16.9. The van der Waals surface area contributed by atoms with Crippen LogP contribution in [0.1, 0.15) is 42.5 Å². The maximum absolute atomic E-state index is 11.8. The molecule has 0 bridgehead atoms. The smallest absolute Gasteiger partial charge is 0.251 e. The molecule has 2 heterocycles. The topological polar surface area (TPSA) is 61.0 Å². The van der Waals surface area contributed by atoms with Gasteiger partial charge in [-0.05, 0) is 24.0 Å². The van der Waals surface area contributed by atoms with Crippen molar-refractivity contribution in [1.29, 1.82) is 0 Å². The van der Waals surface area contributed by atoms with Gasteiger partial charge in [-0.15, -0.1) is 0 Å². The second-order valence-corrected chi connectivity index (χ2v) is 6.32. The van der Waals surface area contributed by atoms with Crippen molar-refractivity contribution in [2.75, 3.05) is 19.6 Å². The highest BCUT2D eigenvalue weighted by atomic mass is 16.1. The van der Waals surface area contributed by atoms with E-state index in [2.05, 4.69) is 51.4 Å². The molecule has 0 spiro atoms. The summed E-state index contributed by atoms with van der Waals surface area (Å²) >= 11 is 0. The van der Waals surface area contributed by atoms with Gasteiger partial charge in [-0.25, -0.2) is 4.98 Å². The van der Waals surface area contributed by atoms with Crippen LogP contribution in [0.5, 0.6) is 0 Å². The number of aromatic nitrogens is 2. The lowest BCUT2D eigenvalue weighted by Gasteiger charge is -2.36. The molecule has 1 unspecified atom stereocenters. The Morgan fingerprint density at radius 2 is 2.00 bits per heavy atom. The number of nitrogens with one attached hydrogen (secondary N) is 2. The van der Waals surface area contributed by atoms with Gasteiger partial charge in [0.15, 0.2) is 0 Å². The summed E-state index contributed by atoms with van der Waals surface area (Å²) in [5, 5.41) is 3.48. The number of aryl methyl sites for hydroxylation is 2. The molecule has 1 aliphatic heterocycles. The molecule has 1 fully saturated rings. The minimum atomic E-state index is -0.0594. The molecule has 3 rings (SSSR count). The second kappa shape index (κ2) is 7.73. The molecule has 2 N–H and O–H groups in total. The minimum absolute atomic E-state index is 0.0594. The Bertz CT molecular complexity index is 723. The molecule has 1 saturated heterocycles. The van der Waals surface area contributed by atoms with Crippen molar-refractivity contribution >= 4 is 0 Å². The van der Waals surface area contributed by atoms with Gasteiger partial charge in [0.1, 0.15) is 5.82 Å². The maximum Gasteiger partial charge on any atom is 0.251 e. The fourth-order valence-electron chi connectivity index (χ4n) is 3.25. The van der Waals surface area contributed by atoms with Crippen molar-refractivity contribution in [1.82, 2.24) is 20.2 Å². The molecular formula is C19H26N4O. The molecule has 5 heteroatoms. The van der Waals surface area contributed by atoms with Crippen LogP contribution in [0.2, 0.25) is 0 Å². The third-order valence-electron chi connectivity index (χ3n) is 4.69. The fraction of sp³-hybridized carbons (Fsp3) is 0.474. The fourth-order valence-corrected chi connectivity index (χ4v) is 3.25. The molecule has 1 aromatic heterocycles. The Morgan fingerprint density at radius 1 is 1.21 bits per heavy atom. The maximum atomic E-state index is 11.8. The van der Waals surface area contributed by atoms with Crippen LogP contribution < -0.4 is 10.9 Å². The molecule has 24 heavy (non-hydrogen) atoms. The Hall–Kier alpha value is -1.98. The third kappa shape index (κ3) is 3.91. The first-order valence-electron chi connectivity index (χ1n) is 8.82. The summed E-state index contributed by atoms with van der Waals surface area (Å²) in [7, 11) is 0. The lowest BCUT2D eigenvalue weighted by Crippen LogP contribution is -2.45. The molecule has 0 aliphatic carbocycles. The summed E-state index contributed by atoms with van der Waals surface area (Å²) in [5.74, 6) is 0.761. The highest BCUT2D eigenvalue weighted by Crippen LogP contribution is 2.24. The number of H-pyrrole nitrogens is 1. The minimum Gasteiger partial charge on any atom is -0.314 e. The molecule has 0 saturated carbocycles. The average Bonchev–Trinajstić information content (AvgIpc) is 2.62. The Labute approximate surface area is 143 Å². The molecular weight excluding hydrogens is 300 g/mol. The predicted octanol–water partition coefficient (Wildman–Crippen LogP) is 2.04. The first-order valence-corrected chi connectivity index (χ1v) is 8.82. The lowest BCUT2D eigenvalue weighted by atomic mass is 10.0. The van der Waals surface area contributed by atoms with Gasteiger partial charge in [0.05, 0.1) is 6.54 Å². The van der Waals surface area contributed by atoms with Gasteiger partial charge in [0.25, 0.3) is 5.56 Å². The Kier molecular flexibility index (Phi) is 5.43. The second-order valence-electron chi connectivity index (χ2n) is 6.32. The number of hydrogen-bond acceptors (Lipinski definition) is 4. The summed E-state index contributed by atoms with van der Waals surface area (Å²) in [6.07, 6.45) is 1.84. The number of nitrogens with zero attached hydrogens (tertiary/aromatic N) is 2. The summed E-state index contributed by atoms with van der Waals surface area (Å²) in [6.45, 7) is 7.69. The van der Waals surface area contributed by atoms with E-state index >= 15 is 0 Å². The van der Waals surface area contributed by atoms with Crippen LogP contribution in [0.3, 0.4) is 0 Å². The number of hydrogen-bond donors (Lipinski definition) is 2. The molecule has 5 nitrogen and oxygen atoms in total. The molecule has 1 aromatic carbocycles. The molecule has 128 valence electrons. The molecule has 1 atom stereocenters. The van der Waals surface area contributed by atoms with Crippen molar-refractivity contribution in [3.63, 3.8) is 0 Å². The van der Waals surface area contributed by atoms with Gasteiger partial charge in [0, 0.05) is 37.4 Å². The van der Waals surface area contributed by atoms with Crippen LogP contribution in [0.15, 0.2) is 35.1 Å². The highest BCUT2D eigenvalue weighted by Gasteiger charge is 2.24.